The van der Waals surface area contributed by atoms with E-state index in [2.05, 4.69) is 15.3 Å². The van der Waals surface area contributed by atoms with Crippen molar-refractivity contribution >= 4 is 17.7 Å². The van der Waals surface area contributed by atoms with Crippen molar-refractivity contribution in [1.82, 2.24) is 19.9 Å². The zero-order valence-electron chi connectivity index (χ0n) is 13.7. The zero-order valence-corrected chi connectivity index (χ0v) is 14.5. The van der Waals surface area contributed by atoms with Crippen molar-refractivity contribution < 1.29 is 4.79 Å². The number of pyridine rings is 1. The van der Waals surface area contributed by atoms with Gasteiger partial charge in [-0.2, -0.15) is 0 Å². The summed E-state index contributed by atoms with van der Waals surface area (Å²) in [6.45, 7) is 4.50. The second kappa shape index (κ2) is 7.17. The van der Waals surface area contributed by atoms with E-state index in [0.29, 0.717) is 12.3 Å². The van der Waals surface area contributed by atoms with E-state index >= 15 is 0 Å². The van der Waals surface area contributed by atoms with Gasteiger partial charge >= 0.3 is 0 Å². The van der Waals surface area contributed by atoms with E-state index in [4.69, 9.17) is 0 Å². The molecule has 1 aliphatic rings. The molecule has 3 rings (SSSR count). The van der Waals surface area contributed by atoms with Gasteiger partial charge in [0.05, 0.1) is 11.7 Å². The smallest absolute Gasteiger partial charge is 0.254 e. The predicted molar refractivity (Wildman–Crippen MR) is 93.0 cm³/mol. The van der Waals surface area contributed by atoms with Crippen LogP contribution in [0.4, 0.5) is 0 Å². The van der Waals surface area contributed by atoms with Crippen LogP contribution < -0.4 is 10.9 Å². The molecule has 1 amide bonds. The lowest BCUT2D eigenvalue weighted by Crippen LogP contribution is -2.30. The van der Waals surface area contributed by atoms with Gasteiger partial charge in [0.25, 0.3) is 5.56 Å². The molecule has 0 fully saturated rings. The minimum Gasteiger partial charge on any atom is -0.352 e. The Morgan fingerprint density at radius 1 is 1.42 bits per heavy atom. The number of carbonyl (C=O) groups excluding carboxylic acids is 1. The first-order valence-corrected chi connectivity index (χ1v) is 8.95. The van der Waals surface area contributed by atoms with Crippen LogP contribution in [0.1, 0.15) is 43.5 Å². The molecule has 0 aliphatic carbocycles. The van der Waals surface area contributed by atoms with E-state index in [-0.39, 0.29) is 29.8 Å². The van der Waals surface area contributed by atoms with Crippen molar-refractivity contribution in [3.63, 3.8) is 0 Å². The van der Waals surface area contributed by atoms with Crippen molar-refractivity contribution in [3.8, 4) is 0 Å². The van der Waals surface area contributed by atoms with E-state index in [1.54, 1.807) is 34.8 Å². The molecule has 0 spiro atoms. The van der Waals surface area contributed by atoms with Crippen LogP contribution in [0.2, 0.25) is 0 Å². The molecule has 0 saturated carbocycles. The Kier molecular flexibility index (Phi) is 4.99. The van der Waals surface area contributed by atoms with Crippen LogP contribution in [-0.2, 0) is 11.3 Å². The zero-order chi connectivity index (χ0) is 17.1. The Morgan fingerprint density at radius 3 is 2.88 bits per heavy atom. The summed E-state index contributed by atoms with van der Waals surface area (Å²) in [5.74, 6) is 0.851. The Bertz CT molecular complexity index is 789. The number of hydrogen-bond acceptors (Lipinski definition) is 5. The lowest BCUT2D eigenvalue weighted by Gasteiger charge is -2.14. The van der Waals surface area contributed by atoms with Gasteiger partial charge in [-0.15, -0.1) is 0 Å². The number of rotatable bonds is 5. The second-order valence-electron chi connectivity index (χ2n) is 6.13. The lowest BCUT2D eigenvalue weighted by molar-refractivity contribution is -0.121. The number of thioether (sulfide) groups is 1. The lowest BCUT2D eigenvalue weighted by atomic mass is 10.1. The first-order chi connectivity index (χ1) is 11.5. The molecule has 6 nitrogen and oxygen atoms in total. The average molecular weight is 344 g/mol. The molecule has 1 unspecified atom stereocenters. The van der Waals surface area contributed by atoms with Crippen LogP contribution in [0.15, 0.2) is 40.5 Å². The molecule has 2 aromatic heterocycles. The Labute approximate surface area is 144 Å². The fourth-order valence-electron chi connectivity index (χ4n) is 2.60. The first-order valence-electron chi connectivity index (χ1n) is 7.96. The fraction of sp³-hybridized carbons (Fsp3) is 0.412. The van der Waals surface area contributed by atoms with Crippen LogP contribution in [0, 0.1) is 0 Å². The number of amides is 1. The van der Waals surface area contributed by atoms with Crippen LogP contribution in [0.25, 0.3) is 0 Å². The van der Waals surface area contributed by atoms with E-state index in [9.17, 15) is 9.59 Å². The van der Waals surface area contributed by atoms with Crippen LogP contribution in [0.3, 0.4) is 0 Å². The van der Waals surface area contributed by atoms with Crippen LogP contribution >= 0.6 is 11.8 Å². The molecule has 0 radical (unpaired) electrons. The van der Waals surface area contributed by atoms with Gasteiger partial charge in [0.15, 0.2) is 5.16 Å². The minimum absolute atomic E-state index is 0.0647. The van der Waals surface area contributed by atoms with Crippen LogP contribution in [-0.4, -0.2) is 26.2 Å². The summed E-state index contributed by atoms with van der Waals surface area (Å²) in [5.41, 5.74) is 1.74. The Morgan fingerprint density at radius 2 is 2.17 bits per heavy atom. The number of nitrogens with one attached hydrogen (secondary N) is 1. The number of nitrogens with zero attached hydrogens (tertiary/aromatic N) is 3. The molecule has 1 N–H and O–H groups in total. The highest BCUT2D eigenvalue weighted by Crippen LogP contribution is 2.32. The molecule has 1 atom stereocenters. The Hall–Kier alpha value is -2.15. The normalized spacial score (nSPS) is 16.2. The molecule has 3 heterocycles. The maximum atomic E-state index is 12.4. The van der Waals surface area contributed by atoms with E-state index in [1.807, 2.05) is 26.0 Å². The van der Waals surface area contributed by atoms with Gasteiger partial charge in [-0.1, -0.05) is 25.6 Å². The Balaban J connectivity index is 1.66. The molecule has 7 heteroatoms. The van der Waals surface area contributed by atoms with Crippen molar-refractivity contribution in [3.05, 3.63) is 52.2 Å². The summed E-state index contributed by atoms with van der Waals surface area (Å²) >= 11 is 1.54. The van der Waals surface area contributed by atoms with Crippen molar-refractivity contribution in [2.24, 2.45) is 0 Å². The maximum absolute atomic E-state index is 12.4. The monoisotopic (exact) mass is 344 g/mol. The van der Waals surface area contributed by atoms with Gasteiger partial charge in [0, 0.05) is 37.2 Å². The molecule has 0 bridgehead atoms. The summed E-state index contributed by atoms with van der Waals surface area (Å²) in [6.07, 6.45) is 3.68. The number of aromatic nitrogens is 3. The standard InChI is InChI=1S/C17H20N4O2S/c1-11(2)14-8-16(23)21-13(10-24-17(21)20-14)7-15(22)19-9-12-3-5-18-6-4-12/h3-6,8,11,13H,7,9-10H2,1-2H3,(H,19,22). The maximum Gasteiger partial charge on any atom is 0.254 e. The topological polar surface area (TPSA) is 76.9 Å². The summed E-state index contributed by atoms with van der Waals surface area (Å²) in [4.78, 5) is 33.1. The van der Waals surface area contributed by atoms with E-state index in [1.165, 1.54) is 0 Å². The fourth-order valence-corrected chi connectivity index (χ4v) is 3.76. The third kappa shape index (κ3) is 3.67. The summed E-state index contributed by atoms with van der Waals surface area (Å²) < 4.78 is 1.66. The SMILES string of the molecule is CC(C)c1cc(=O)n2c(n1)SCC2CC(=O)NCc1ccncc1. The minimum atomic E-state index is -0.136. The van der Waals surface area contributed by atoms with Gasteiger partial charge in [-0.05, 0) is 23.6 Å². The van der Waals surface area contributed by atoms with E-state index < -0.39 is 0 Å². The summed E-state index contributed by atoms with van der Waals surface area (Å²) in [7, 11) is 0. The highest BCUT2D eigenvalue weighted by Gasteiger charge is 2.27. The van der Waals surface area contributed by atoms with Crippen molar-refractivity contribution in [1.29, 1.82) is 0 Å². The predicted octanol–water partition coefficient (Wildman–Crippen LogP) is 2.12. The van der Waals surface area contributed by atoms with Gasteiger partial charge < -0.3 is 5.32 Å². The van der Waals surface area contributed by atoms with Crippen molar-refractivity contribution in [2.75, 3.05) is 5.75 Å². The number of carbonyl (C=O) groups is 1. The van der Waals surface area contributed by atoms with Crippen LogP contribution in [0.5, 0.6) is 0 Å². The van der Waals surface area contributed by atoms with E-state index in [0.717, 1.165) is 16.4 Å². The first kappa shape index (κ1) is 16.7. The highest BCUT2D eigenvalue weighted by molar-refractivity contribution is 7.99. The number of fused-ring (bicyclic) bond motifs is 1. The molecule has 126 valence electrons. The largest absolute Gasteiger partial charge is 0.352 e. The molecule has 1 aliphatic heterocycles. The second-order valence-corrected chi connectivity index (χ2v) is 7.11. The summed E-state index contributed by atoms with van der Waals surface area (Å²) in [6, 6.07) is 5.18. The van der Waals surface area contributed by atoms with Gasteiger partial charge in [0.1, 0.15) is 0 Å². The average Bonchev–Trinajstić information content (AvgIpc) is 2.97. The molecule has 2 aromatic rings. The molecule has 24 heavy (non-hydrogen) atoms. The number of hydrogen-bond donors (Lipinski definition) is 1. The third-order valence-electron chi connectivity index (χ3n) is 3.96. The molecular weight excluding hydrogens is 324 g/mol. The van der Waals surface area contributed by atoms with Gasteiger partial charge in [0.2, 0.25) is 5.91 Å². The highest BCUT2D eigenvalue weighted by atomic mass is 32.2. The quantitative estimate of drug-likeness (QED) is 0.841. The molecule has 0 saturated heterocycles. The van der Waals surface area contributed by atoms with Crippen molar-refractivity contribution in [2.45, 2.75) is 43.9 Å². The molecular formula is C17H20N4O2S. The van der Waals surface area contributed by atoms with Gasteiger partial charge in [-0.25, -0.2) is 4.98 Å². The molecule has 0 aromatic carbocycles. The van der Waals surface area contributed by atoms with Gasteiger partial charge in [-0.3, -0.25) is 19.1 Å². The third-order valence-corrected chi connectivity index (χ3v) is 5.06. The summed E-state index contributed by atoms with van der Waals surface area (Å²) in [5, 5.41) is 3.61.